The molecule has 1 saturated heterocycles. The molecule has 1 amide bonds. The van der Waals surface area contributed by atoms with Crippen LogP contribution < -0.4 is 0 Å². The van der Waals surface area contributed by atoms with Gasteiger partial charge in [0.05, 0.1) is 0 Å². The van der Waals surface area contributed by atoms with E-state index in [1.54, 1.807) is 0 Å². The normalized spacial score (nSPS) is 20.0. The Morgan fingerprint density at radius 1 is 1.53 bits per heavy atom. The SMILES string of the molecule is C=CC(=O)N1CCC(CC(C)CC)CC1. The molecule has 15 heavy (non-hydrogen) atoms. The number of likely N-dealkylation sites (tertiary alicyclic amines) is 1. The quantitative estimate of drug-likeness (QED) is 0.652. The largest absolute Gasteiger partial charge is 0.339 e. The van der Waals surface area contributed by atoms with E-state index >= 15 is 0 Å². The highest BCUT2D eigenvalue weighted by atomic mass is 16.2. The van der Waals surface area contributed by atoms with Crippen LogP contribution in [0.5, 0.6) is 0 Å². The molecule has 1 atom stereocenters. The first-order valence-electron chi connectivity index (χ1n) is 6.08. The summed E-state index contributed by atoms with van der Waals surface area (Å²) in [7, 11) is 0. The van der Waals surface area contributed by atoms with Crippen LogP contribution in [0.2, 0.25) is 0 Å². The van der Waals surface area contributed by atoms with E-state index < -0.39 is 0 Å². The molecule has 1 aliphatic heterocycles. The van der Waals surface area contributed by atoms with Crippen LogP contribution in [0.1, 0.15) is 39.5 Å². The van der Waals surface area contributed by atoms with Gasteiger partial charge in [-0.2, -0.15) is 0 Å². The van der Waals surface area contributed by atoms with Crippen LogP contribution in [-0.2, 0) is 4.79 Å². The Balaban J connectivity index is 2.29. The Labute approximate surface area is 93.3 Å². The number of amides is 1. The maximum atomic E-state index is 11.4. The summed E-state index contributed by atoms with van der Waals surface area (Å²) >= 11 is 0. The van der Waals surface area contributed by atoms with Crippen molar-refractivity contribution in [3.8, 4) is 0 Å². The molecule has 86 valence electrons. The lowest BCUT2D eigenvalue weighted by Crippen LogP contribution is -2.37. The lowest BCUT2D eigenvalue weighted by molar-refractivity contribution is -0.127. The minimum absolute atomic E-state index is 0.0944. The third kappa shape index (κ3) is 3.69. The van der Waals surface area contributed by atoms with Gasteiger partial charge >= 0.3 is 0 Å². The van der Waals surface area contributed by atoms with Gasteiger partial charge in [0.2, 0.25) is 5.91 Å². The third-order valence-electron chi connectivity index (χ3n) is 3.53. The van der Waals surface area contributed by atoms with Crippen LogP contribution in [0, 0.1) is 11.8 Å². The first kappa shape index (κ1) is 12.3. The molecular weight excluding hydrogens is 186 g/mol. The molecule has 0 aliphatic carbocycles. The monoisotopic (exact) mass is 209 g/mol. The van der Waals surface area contributed by atoms with Crippen molar-refractivity contribution in [3.63, 3.8) is 0 Å². The van der Waals surface area contributed by atoms with Gasteiger partial charge in [0.15, 0.2) is 0 Å². The maximum Gasteiger partial charge on any atom is 0.245 e. The van der Waals surface area contributed by atoms with Crippen LogP contribution in [0.25, 0.3) is 0 Å². The van der Waals surface area contributed by atoms with Gasteiger partial charge in [0.1, 0.15) is 0 Å². The van der Waals surface area contributed by atoms with Gasteiger partial charge in [0, 0.05) is 13.1 Å². The van der Waals surface area contributed by atoms with E-state index in [4.69, 9.17) is 0 Å². The molecule has 0 aromatic carbocycles. The summed E-state index contributed by atoms with van der Waals surface area (Å²) in [6, 6.07) is 0. The van der Waals surface area contributed by atoms with Crippen molar-refractivity contribution >= 4 is 5.91 Å². The van der Waals surface area contributed by atoms with E-state index in [-0.39, 0.29) is 5.91 Å². The Hall–Kier alpha value is -0.790. The summed E-state index contributed by atoms with van der Waals surface area (Å²) in [5, 5.41) is 0. The Kier molecular flexibility index (Phi) is 4.86. The first-order chi connectivity index (χ1) is 7.17. The van der Waals surface area contributed by atoms with Gasteiger partial charge in [-0.05, 0) is 37.2 Å². The van der Waals surface area contributed by atoms with Gasteiger partial charge in [-0.3, -0.25) is 4.79 Å². The van der Waals surface area contributed by atoms with Gasteiger partial charge in [-0.15, -0.1) is 0 Å². The average Bonchev–Trinajstić information content (AvgIpc) is 2.29. The molecule has 1 unspecified atom stereocenters. The van der Waals surface area contributed by atoms with Gasteiger partial charge in [-0.1, -0.05) is 26.8 Å². The van der Waals surface area contributed by atoms with Crippen molar-refractivity contribution in [1.82, 2.24) is 4.90 Å². The van der Waals surface area contributed by atoms with Crippen molar-refractivity contribution in [1.29, 1.82) is 0 Å². The fraction of sp³-hybridized carbons (Fsp3) is 0.769. The fourth-order valence-corrected chi connectivity index (χ4v) is 2.25. The highest BCUT2D eigenvalue weighted by Crippen LogP contribution is 2.25. The predicted molar refractivity (Wildman–Crippen MR) is 63.6 cm³/mol. The van der Waals surface area contributed by atoms with Crippen molar-refractivity contribution in [2.75, 3.05) is 13.1 Å². The van der Waals surface area contributed by atoms with Crippen molar-refractivity contribution < 1.29 is 4.79 Å². The van der Waals surface area contributed by atoms with Gasteiger partial charge in [0.25, 0.3) is 0 Å². The highest BCUT2D eigenvalue weighted by Gasteiger charge is 2.22. The second-order valence-corrected chi connectivity index (χ2v) is 4.72. The molecule has 0 saturated carbocycles. The van der Waals surface area contributed by atoms with Crippen molar-refractivity contribution in [2.45, 2.75) is 39.5 Å². The smallest absolute Gasteiger partial charge is 0.245 e. The first-order valence-corrected chi connectivity index (χ1v) is 6.08. The number of piperidine rings is 1. The number of carbonyl (C=O) groups excluding carboxylic acids is 1. The molecule has 0 aromatic heterocycles. The van der Waals surface area contributed by atoms with E-state index in [9.17, 15) is 4.79 Å². The molecule has 1 rings (SSSR count). The van der Waals surface area contributed by atoms with Crippen LogP contribution in [0.3, 0.4) is 0 Å². The summed E-state index contributed by atoms with van der Waals surface area (Å²) in [4.78, 5) is 13.3. The fourth-order valence-electron chi connectivity index (χ4n) is 2.25. The Morgan fingerprint density at radius 2 is 2.13 bits per heavy atom. The van der Waals surface area contributed by atoms with Crippen LogP contribution >= 0.6 is 0 Å². The summed E-state index contributed by atoms with van der Waals surface area (Å²) in [6.07, 6.45) is 6.36. The standard InChI is InChI=1S/C13H23NO/c1-4-11(3)10-12-6-8-14(9-7-12)13(15)5-2/h5,11-12H,2,4,6-10H2,1,3H3. The summed E-state index contributed by atoms with van der Waals surface area (Å²) < 4.78 is 0. The highest BCUT2D eigenvalue weighted by molar-refractivity contribution is 5.87. The number of rotatable bonds is 4. The van der Waals surface area contributed by atoms with Crippen LogP contribution in [0.15, 0.2) is 12.7 Å². The molecule has 0 N–H and O–H groups in total. The molecule has 0 aromatic rings. The zero-order valence-corrected chi connectivity index (χ0v) is 10.0. The van der Waals surface area contributed by atoms with E-state index in [0.717, 1.165) is 24.9 Å². The summed E-state index contributed by atoms with van der Waals surface area (Å²) in [6.45, 7) is 9.94. The lowest BCUT2D eigenvalue weighted by Gasteiger charge is -2.32. The van der Waals surface area contributed by atoms with E-state index in [1.807, 2.05) is 4.90 Å². The molecule has 2 heteroatoms. The minimum atomic E-state index is 0.0944. The zero-order chi connectivity index (χ0) is 11.3. The van der Waals surface area contributed by atoms with Crippen LogP contribution in [-0.4, -0.2) is 23.9 Å². The Morgan fingerprint density at radius 3 is 2.60 bits per heavy atom. The predicted octanol–water partition coefficient (Wildman–Crippen LogP) is 2.85. The maximum absolute atomic E-state index is 11.4. The summed E-state index contributed by atoms with van der Waals surface area (Å²) in [5.74, 6) is 1.75. The molecule has 1 heterocycles. The molecule has 0 spiro atoms. The second-order valence-electron chi connectivity index (χ2n) is 4.72. The molecule has 0 radical (unpaired) electrons. The summed E-state index contributed by atoms with van der Waals surface area (Å²) in [5.41, 5.74) is 0. The molecule has 0 bridgehead atoms. The van der Waals surface area contributed by atoms with Crippen molar-refractivity contribution in [2.24, 2.45) is 11.8 Å². The van der Waals surface area contributed by atoms with E-state index in [2.05, 4.69) is 20.4 Å². The molecule has 1 aliphatic rings. The number of hydrogen-bond acceptors (Lipinski definition) is 1. The lowest BCUT2D eigenvalue weighted by atomic mass is 9.87. The van der Waals surface area contributed by atoms with Crippen molar-refractivity contribution in [3.05, 3.63) is 12.7 Å². The minimum Gasteiger partial charge on any atom is -0.339 e. The zero-order valence-electron chi connectivity index (χ0n) is 10.0. The number of nitrogens with zero attached hydrogens (tertiary/aromatic N) is 1. The van der Waals surface area contributed by atoms with E-state index in [1.165, 1.54) is 31.8 Å². The van der Waals surface area contributed by atoms with Gasteiger partial charge < -0.3 is 4.90 Å². The number of hydrogen-bond donors (Lipinski definition) is 0. The number of carbonyl (C=O) groups is 1. The van der Waals surface area contributed by atoms with E-state index in [0.29, 0.717) is 0 Å². The molecule has 1 fully saturated rings. The third-order valence-corrected chi connectivity index (χ3v) is 3.53. The molecule has 2 nitrogen and oxygen atoms in total. The van der Waals surface area contributed by atoms with Crippen LogP contribution in [0.4, 0.5) is 0 Å². The Bertz CT molecular complexity index is 217. The van der Waals surface area contributed by atoms with Gasteiger partial charge in [-0.25, -0.2) is 0 Å². The second kappa shape index (κ2) is 5.94. The molecular formula is C13H23NO. The average molecular weight is 209 g/mol. The topological polar surface area (TPSA) is 20.3 Å².